The quantitative estimate of drug-likeness (QED) is 0.787. The SMILES string of the molecule is O=C(O)c1cnc(Sc2ncccc2Cl)c2ccccc12. The van der Waals surface area contributed by atoms with Crippen molar-refractivity contribution in [3.05, 3.63) is 59.4 Å². The van der Waals surface area contributed by atoms with Crippen LogP contribution in [0.25, 0.3) is 10.8 Å². The molecule has 2 aromatic heterocycles. The Morgan fingerprint density at radius 2 is 1.81 bits per heavy atom. The molecule has 1 N–H and O–H groups in total. The Bertz CT molecular complexity index is 839. The number of pyridine rings is 2. The van der Waals surface area contributed by atoms with Crippen molar-refractivity contribution in [3.8, 4) is 0 Å². The molecule has 4 nitrogen and oxygen atoms in total. The number of fused-ring (bicyclic) bond motifs is 1. The van der Waals surface area contributed by atoms with E-state index >= 15 is 0 Å². The second-order valence-corrected chi connectivity index (χ2v) is 5.60. The van der Waals surface area contributed by atoms with Gasteiger partial charge in [0.25, 0.3) is 0 Å². The van der Waals surface area contributed by atoms with Gasteiger partial charge in [0.2, 0.25) is 0 Å². The lowest BCUT2D eigenvalue weighted by atomic mass is 10.1. The first-order valence-corrected chi connectivity index (χ1v) is 7.25. The molecule has 3 rings (SSSR count). The number of carboxylic acids is 1. The summed E-state index contributed by atoms with van der Waals surface area (Å²) >= 11 is 7.42. The lowest BCUT2D eigenvalue weighted by molar-refractivity contribution is 0.0698. The van der Waals surface area contributed by atoms with Crippen LogP contribution in [-0.2, 0) is 0 Å². The van der Waals surface area contributed by atoms with E-state index < -0.39 is 5.97 Å². The van der Waals surface area contributed by atoms with Gasteiger partial charge in [-0.25, -0.2) is 14.8 Å². The molecular weight excluding hydrogens is 308 g/mol. The van der Waals surface area contributed by atoms with Crippen molar-refractivity contribution < 1.29 is 9.90 Å². The van der Waals surface area contributed by atoms with Crippen molar-refractivity contribution in [1.82, 2.24) is 9.97 Å². The first-order chi connectivity index (χ1) is 10.2. The lowest BCUT2D eigenvalue weighted by Crippen LogP contribution is -1.99. The number of hydrogen-bond donors (Lipinski definition) is 1. The fourth-order valence-corrected chi connectivity index (χ4v) is 3.05. The van der Waals surface area contributed by atoms with Gasteiger partial charge in [0, 0.05) is 23.2 Å². The van der Waals surface area contributed by atoms with Gasteiger partial charge < -0.3 is 5.11 Å². The summed E-state index contributed by atoms with van der Waals surface area (Å²) in [4.78, 5) is 19.7. The summed E-state index contributed by atoms with van der Waals surface area (Å²) in [6.45, 7) is 0. The third-order valence-corrected chi connectivity index (χ3v) is 4.36. The molecule has 0 radical (unpaired) electrons. The van der Waals surface area contributed by atoms with Gasteiger partial charge in [-0.15, -0.1) is 0 Å². The van der Waals surface area contributed by atoms with Crippen LogP contribution >= 0.6 is 23.4 Å². The van der Waals surface area contributed by atoms with Gasteiger partial charge in [0.05, 0.1) is 10.6 Å². The van der Waals surface area contributed by atoms with Crippen LogP contribution < -0.4 is 0 Å². The van der Waals surface area contributed by atoms with Crippen LogP contribution in [0.2, 0.25) is 5.02 Å². The zero-order valence-electron chi connectivity index (χ0n) is 10.7. The van der Waals surface area contributed by atoms with Crippen molar-refractivity contribution in [1.29, 1.82) is 0 Å². The number of benzene rings is 1. The maximum absolute atomic E-state index is 11.3. The number of carbonyl (C=O) groups is 1. The molecule has 0 aliphatic rings. The van der Waals surface area contributed by atoms with E-state index in [-0.39, 0.29) is 5.56 Å². The number of carboxylic acid groups (broad SMARTS) is 1. The molecule has 0 unspecified atom stereocenters. The van der Waals surface area contributed by atoms with Gasteiger partial charge in [0.1, 0.15) is 10.1 Å². The predicted molar refractivity (Wildman–Crippen MR) is 82.1 cm³/mol. The Balaban J connectivity index is 2.14. The summed E-state index contributed by atoms with van der Waals surface area (Å²) < 4.78 is 0. The number of nitrogens with zero attached hydrogens (tertiary/aromatic N) is 2. The summed E-state index contributed by atoms with van der Waals surface area (Å²) in [5, 5.41) is 12.5. The standard InChI is InChI=1S/C15H9ClN2O2S/c16-12-6-3-7-17-14(12)21-13-10-5-2-1-4-9(10)11(8-18-13)15(19)20/h1-8H,(H,19,20). The molecule has 1 aromatic carbocycles. The van der Waals surface area contributed by atoms with Crippen molar-refractivity contribution in [3.63, 3.8) is 0 Å². The maximum Gasteiger partial charge on any atom is 0.337 e. The van der Waals surface area contributed by atoms with E-state index in [1.54, 1.807) is 30.5 Å². The molecule has 0 saturated carbocycles. The largest absolute Gasteiger partial charge is 0.478 e. The van der Waals surface area contributed by atoms with Crippen LogP contribution in [0.4, 0.5) is 0 Å². The second-order valence-electron chi connectivity index (χ2n) is 4.22. The van der Waals surface area contributed by atoms with E-state index in [4.69, 9.17) is 11.6 Å². The molecule has 6 heteroatoms. The molecule has 3 aromatic rings. The fourth-order valence-electron chi connectivity index (χ4n) is 1.96. The van der Waals surface area contributed by atoms with Gasteiger partial charge in [-0.05, 0) is 23.9 Å². The number of aromatic nitrogens is 2. The van der Waals surface area contributed by atoms with Gasteiger partial charge >= 0.3 is 5.97 Å². The van der Waals surface area contributed by atoms with E-state index in [0.717, 1.165) is 5.39 Å². The van der Waals surface area contributed by atoms with Crippen LogP contribution in [-0.4, -0.2) is 21.0 Å². The van der Waals surface area contributed by atoms with Crippen molar-refractivity contribution in [2.45, 2.75) is 10.1 Å². The van der Waals surface area contributed by atoms with Crippen LogP contribution in [0.1, 0.15) is 10.4 Å². The highest BCUT2D eigenvalue weighted by Crippen LogP contribution is 2.35. The zero-order chi connectivity index (χ0) is 14.8. The third kappa shape index (κ3) is 2.70. The Morgan fingerprint density at radius 3 is 2.52 bits per heavy atom. The molecule has 0 saturated heterocycles. The number of rotatable bonds is 3. The van der Waals surface area contributed by atoms with Crippen molar-refractivity contribution >= 4 is 40.1 Å². The Hall–Kier alpha value is -2.11. The Labute approximate surface area is 129 Å². The van der Waals surface area contributed by atoms with Gasteiger partial charge in [-0.3, -0.25) is 0 Å². The van der Waals surface area contributed by atoms with Crippen LogP contribution in [0.5, 0.6) is 0 Å². The smallest absolute Gasteiger partial charge is 0.337 e. The van der Waals surface area contributed by atoms with Crippen LogP contribution in [0.15, 0.2) is 58.8 Å². The zero-order valence-corrected chi connectivity index (χ0v) is 12.2. The highest BCUT2D eigenvalue weighted by atomic mass is 35.5. The number of halogens is 1. The summed E-state index contributed by atoms with van der Waals surface area (Å²) in [5.41, 5.74) is 0.182. The van der Waals surface area contributed by atoms with Crippen LogP contribution in [0, 0.1) is 0 Å². The molecule has 0 spiro atoms. The summed E-state index contributed by atoms with van der Waals surface area (Å²) in [6, 6.07) is 10.8. The molecule has 21 heavy (non-hydrogen) atoms. The fraction of sp³-hybridized carbons (Fsp3) is 0. The van der Waals surface area contributed by atoms with Gasteiger partial charge in [0.15, 0.2) is 0 Å². The normalized spacial score (nSPS) is 10.7. The van der Waals surface area contributed by atoms with E-state index in [2.05, 4.69) is 9.97 Å². The summed E-state index contributed by atoms with van der Waals surface area (Å²) in [6.07, 6.45) is 3.02. The molecule has 0 amide bonds. The topological polar surface area (TPSA) is 63.1 Å². The maximum atomic E-state index is 11.3. The molecule has 2 heterocycles. The Morgan fingerprint density at radius 1 is 1.05 bits per heavy atom. The molecule has 0 bridgehead atoms. The molecule has 104 valence electrons. The number of hydrogen-bond acceptors (Lipinski definition) is 4. The summed E-state index contributed by atoms with van der Waals surface area (Å²) in [7, 11) is 0. The second kappa shape index (κ2) is 5.71. The number of aromatic carboxylic acids is 1. The molecule has 0 aliphatic carbocycles. The summed E-state index contributed by atoms with van der Waals surface area (Å²) in [5.74, 6) is -0.994. The molecule has 0 fully saturated rings. The highest BCUT2D eigenvalue weighted by molar-refractivity contribution is 7.99. The average Bonchev–Trinajstić information content (AvgIpc) is 2.49. The lowest BCUT2D eigenvalue weighted by Gasteiger charge is -2.08. The van der Waals surface area contributed by atoms with Crippen LogP contribution in [0.3, 0.4) is 0 Å². The third-order valence-electron chi connectivity index (χ3n) is 2.91. The highest BCUT2D eigenvalue weighted by Gasteiger charge is 2.14. The Kier molecular flexibility index (Phi) is 3.77. The first kappa shape index (κ1) is 13.9. The minimum absolute atomic E-state index is 0.182. The van der Waals surface area contributed by atoms with E-state index in [1.807, 2.05) is 12.1 Å². The van der Waals surface area contributed by atoms with E-state index in [1.165, 1.54) is 18.0 Å². The minimum Gasteiger partial charge on any atom is -0.478 e. The monoisotopic (exact) mass is 316 g/mol. The molecular formula is C15H9ClN2O2S. The molecule has 0 atom stereocenters. The van der Waals surface area contributed by atoms with Gasteiger partial charge in [-0.1, -0.05) is 35.9 Å². The minimum atomic E-state index is -0.994. The van der Waals surface area contributed by atoms with E-state index in [0.29, 0.717) is 20.5 Å². The predicted octanol–water partition coefficient (Wildman–Crippen LogP) is 4.13. The first-order valence-electron chi connectivity index (χ1n) is 6.06. The van der Waals surface area contributed by atoms with Gasteiger partial charge in [-0.2, -0.15) is 0 Å². The average molecular weight is 317 g/mol. The molecule has 0 aliphatic heterocycles. The van der Waals surface area contributed by atoms with Crippen molar-refractivity contribution in [2.75, 3.05) is 0 Å². The van der Waals surface area contributed by atoms with E-state index in [9.17, 15) is 9.90 Å². The van der Waals surface area contributed by atoms with Crippen molar-refractivity contribution in [2.24, 2.45) is 0 Å².